The Morgan fingerprint density at radius 2 is 1.67 bits per heavy atom. The normalized spacial score (nSPS) is 18.9. The van der Waals surface area contributed by atoms with Crippen LogP contribution in [0, 0.1) is 16.7 Å². The molecule has 0 atom stereocenters. The number of rotatable bonds is 2. The Morgan fingerprint density at radius 1 is 0.967 bits per heavy atom. The van der Waals surface area contributed by atoms with Gasteiger partial charge in [-0.3, -0.25) is 4.79 Å². The van der Waals surface area contributed by atoms with Gasteiger partial charge in [-0.25, -0.2) is 8.78 Å². The third kappa shape index (κ3) is 2.87. The molecule has 30 heavy (non-hydrogen) atoms. The summed E-state index contributed by atoms with van der Waals surface area (Å²) in [6.45, 7) is 0.740. The van der Waals surface area contributed by atoms with E-state index in [1.165, 1.54) is 0 Å². The topological polar surface area (TPSA) is 44.1 Å². The Bertz CT molecular complexity index is 1200. The molecule has 1 amide bonds. The summed E-state index contributed by atoms with van der Waals surface area (Å²) in [5.74, 6) is -2.67. The maximum atomic E-state index is 13.7. The molecule has 0 radical (unpaired) electrons. The largest absolute Gasteiger partial charge is 0.339 e. The highest BCUT2D eigenvalue weighted by Gasteiger charge is 2.70. The molecule has 3 aromatic carbocycles. The third-order valence-electron chi connectivity index (χ3n) is 6.68. The lowest BCUT2D eigenvalue weighted by molar-refractivity contribution is 0.0285. The van der Waals surface area contributed by atoms with Crippen molar-refractivity contribution < 1.29 is 13.6 Å². The van der Waals surface area contributed by atoms with E-state index in [0.29, 0.717) is 37.1 Å². The van der Waals surface area contributed by atoms with Gasteiger partial charge in [0.25, 0.3) is 11.8 Å². The minimum atomic E-state index is -2.56. The van der Waals surface area contributed by atoms with E-state index in [-0.39, 0.29) is 12.3 Å². The highest BCUT2D eigenvalue weighted by molar-refractivity contribution is 6.11. The number of likely N-dealkylation sites (tertiary alicyclic amines) is 1. The standard InChI is InChI=1S/C25H20F2N2O/c26-25(27)16-24(25)10-12-29(13-11-24)23(30)22-9-8-19(20-6-1-2-7-21(20)22)18-5-3-4-17(14-18)15-28/h1-9,14H,10-13,16H2. The van der Waals surface area contributed by atoms with E-state index in [1.807, 2.05) is 54.6 Å². The molecule has 0 unspecified atom stereocenters. The van der Waals surface area contributed by atoms with Crippen LogP contribution >= 0.6 is 0 Å². The Labute approximate surface area is 173 Å². The van der Waals surface area contributed by atoms with E-state index < -0.39 is 11.3 Å². The molecule has 0 N–H and O–H groups in total. The van der Waals surface area contributed by atoms with Crippen molar-refractivity contribution >= 4 is 16.7 Å². The third-order valence-corrected chi connectivity index (χ3v) is 6.68. The lowest BCUT2D eigenvalue weighted by Gasteiger charge is -2.32. The van der Waals surface area contributed by atoms with Crippen molar-refractivity contribution in [1.82, 2.24) is 4.90 Å². The molecule has 150 valence electrons. The quantitative estimate of drug-likeness (QED) is 0.557. The van der Waals surface area contributed by atoms with Crippen LogP contribution in [0.2, 0.25) is 0 Å². The molecular formula is C25H20F2N2O. The highest BCUT2D eigenvalue weighted by atomic mass is 19.3. The summed E-state index contributed by atoms with van der Waals surface area (Å²) in [6.07, 6.45) is 0.687. The molecule has 1 aliphatic carbocycles. The van der Waals surface area contributed by atoms with Gasteiger partial charge in [-0.05, 0) is 52.9 Å². The van der Waals surface area contributed by atoms with Crippen LogP contribution in [-0.2, 0) is 0 Å². The average Bonchev–Trinajstić information content (AvgIpc) is 3.31. The fourth-order valence-corrected chi connectivity index (χ4v) is 4.73. The molecule has 2 fully saturated rings. The number of hydrogen-bond acceptors (Lipinski definition) is 2. The van der Waals surface area contributed by atoms with Crippen molar-refractivity contribution in [3.63, 3.8) is 0 Å². The highest BCUT2D eigenvalue weighted by Crippen LogP contribution is 2.65. The summed E-state index contributed by atoms with van der Waals surface area (Å²) >= 11 is 0. The summed E-state index contributed by atoms with van der Waals surface area (Å²) in [5.41, 5.74) is 2.16. The van der Waals surface area contributed by atoms with Crippen LogP contribution in [0.4, 0.5) is 8.78 Å². The number of amides is 1. The Balaban J connectivity index is 1.49. The second kappa shape index (κ2) is 6.63. The smallest absolute Gasteiger partial charge is 0.254 e. The molecule has 1 spiro atoms. The summed E-state index contributed by atoms with van der Waals surface area (Å²) < 4.78 is 27.3. The van der Waals surface area contributed by atoms with Gasteiger partial charge in [-0.2, -0.15) is 5.26 Å². The molecule has 0 bridgehead atoms. The molecule has 1 saturated carbocycles. The average molecular weight is 402 g/mol. The van der Waals surface area contributed by atoms with E-state index in [1.54, 1.807) is 11.0 Å². The molecule has 5 heteroatoms. The summed E-state index contributed by atoms with van der Waals surface area (Å²) in [6, 6.07) is 21.0. The summed E-state index contributed by atoms with van der Waals surface area (Å²) in [5, 5.41) is 11.0. The van der Waals surface area contributed by atoms with Crippen LogP contribution in [-0.4, -0.2) is 29.8 Å². The zero-order valence-electron chi connectivity index (χ0n) is 16.4. The van der Waals surface area contributed by atoms with Crippen LogP contribution in [0.3, 0.4) is 0 Å². The van der Waals surface area contributed by atoms with Crippen LogP contribution in [0.5, 0.6) is 0 Å². The number of fused-ring (bicyclic) bond motifs is 1. The van der Waals surface area contributed by atoms with E-state index >= 15 is 0 Å². The number of benzene rings is 3. The second-order valence-electron chi connectivity index (χ2n) is 8.35. The van der Waals surface area contributed by atoms with Crippen molar-refractivity contribution in [3.05, 3.63) is 71.8 Å². The van der Waals surface area contributed by atoms with Crippen LogP contribution in [0.15, 0.2) is 60.7 Å². The first-order chi connectivity index (χ1) is 14.4. The van der Waals surface area contributed by atoms with Crippen LogP contribution in [0.25, 0.3) is 21.9 Å². The van der Waals surface area contributed by atoms with Gasteiger partial charge in [0.2, 0.25) is 0 Å². The Hall–Kier alpha value is -3.26. The summed E-state index contributed by atoms with van der Waals surface area (Å²) in [7, 11) is 0. The first-order valence-electron chi connectivity index (χ1n) is 10.1. The monoisotopic (exact) mass is 402 g/mol. The fraction of sp³-hybridized carbons (Fsp3) is 0.280. The lowest BCUT2D eigenvalue weighted by atomic mass is 9.91. The number of piperidine rings is 1. The Kier molecular flexibility index (Phi) is 4.14. The zero-order valence-corrected chi connectivity index (χ0v) is 16.4. The van der Waals surface area contributed by atoms with Crippen molar-refractivity contribution in [2.45, 2.75) is 25.2 Å². The number of nitrogens with zero attached hydrogens (tertiary/aromatic N) is 2. The van der Waals surface area contributed by atoms with Gasteiger partial charge in [0.15, 0.2) is 0 Å². The predicted molar refractivity (Wildman–Crippen MR) is 111 cm³/mol. The van der Waals surface area contributed by atoms with E-state index in [2.05, 4.69) is 6.07 Å². The van der Waals surface area contributed by atoms with Gasteiger partial charge >= 0.3 is 0 Å². The maximum Gasteiger partial charge on any atom is 0.254 e. The molecule has 2 aliphatic rings. The number of hydrogen-bond donors (Lipinski definition) is 0. The molecule has 3 aromatic rings. The lowest BCUT2D eigenvalue weighted by Crippen LogP contribution is -2.40. The van der Waals surface area contributed by atoms with E-state index in [0.717, 1.165) is 21.9 Å². The van der Waals surface area contributed by atoms with Crippen LogP contribution < -0.4 is 0 Å². The number of alkyl halides is 2. The van der Waals surface area contributed by atoms with Crippen molar-refractivity contribution in [2.24, 2.45) is 5.41 Å². The fourth-order valence-electron chi connectivity index (χ4n) is 4.73. The van der Waals surface area contributed by atoms with Crippen molar-refractivity contribution in [2.75, 3.05) is 13.1 Å². The molecule has 1 saturated heterocycles. The van der Waals surface area contributed by atoms with Gasteiger partial charge < -0.3 is 4.90 Å². The number of halogens is 2. The number of carbonyl (C=O) groups is 1. The van der Waals surface area contributed by atoms with Crippen molar-refractivity contribution in [1.29, 1.82) is 5.26 Å². The molecule has 3 nitrogen and oxygen atoms in total. The van der Waals surface area contributed by atoms with E-state index in [4.69, 9.17) is 0 Å². The van der Waals surface area contributed by atoms with Gasteiger partial charge in [0, 0.05) is 30.5 Å². The predicted octanol–water partition coefficient (Wildman–Crippen LogP) is 5.64. The first kappa shape index (κ1) is 18.7. The number of carbonyl (C=O) groups excluding carboxylic acids is 1. The Morgan fingerprint density at radius 3 is 2.33 bits per heavy atom. The molecule has 1 heterocycles. The van der Waals surface area contributed by atoms with Gasteiger partial charge in [-0.1, -0.05) is 42.5 Å². The number of nitriles is 1. The maximum absolute atomic E-state index is 13.7. The summed E-state index contributed by atoms with van der Waals surface area (Å²) in [4.78, 5) is 15.0. The minimum absolute atomic E-state index is 0.0403. The molecule has 1 aliphatic heterocycles. The van der Waals surface area contributed by atoms with Gasteiger partial charge in [-0.15, -0.1) is 0 Å². The zero-order chi connectivity index (χ0) is 20.9. The minimum Gasteiger partial charge on any atom is -0.339 e. The molecule has 0 aromatic heterocycles. The van der Waals surface area contributed by atoms with E-state index in [9.17, 15) is 18.8 Å². The molecule has 5 rings (SSSR count). The van der Waals surface area contributed by atoms with Crippen LogP contribution in [0.1, 0.15) is 35.2 Å². The first-order valence-corrected chi connectivity index (χ1v) is 10.1. The van der Waals surface area contributed by atoms with Gasteiger partial charge in [0.1, 0.15) is 0 Å². The molecular weight excluding hydrogens is 382 g/mol. The second-order valence-corrected chi connectivity index (χ2v) is 8.35. The SMILES string of the molecule is N#Cc1cccc(-c2ccc(C(=O)N3CCC4(CC3)CC4(F)F)c3ccccc23)c1. The van der Waals surface area contributed by atoms with Gasteiger partial charge in [0.05, 0.1) is 11.6 Å². The van der Waals surface area contributed by atoms with Crippen molar-refractivity contribution in [3.8, 4) is 17.2 Å².